The molecule has 0 amide bonds. The van der Waals surface area contributed by atoms with Crippen molar-refractivity contribution in [2.45, 2.75) is 19.1 Å². The highest BCUT2D eigenvalue weighted by Crippen LogP contribution is 2.69. The quantitative estimate of drug-likeness (QED) is 0.808. The van der Waals surface area contributed by atoms with E-state index in [1.807, 2.05) is 0 Å². The maximum Gasteiger partial charge on any atom is 0.125 e. The van der Waals surface area contributed by atoms with Crippen LogP contribution in [-0.4, -0.2) is 7.11 Å². The van der Waals surface area contributed by atoms with Crippen LogP contribution in [0.5, 0.6) is 5.75 Å². The zero-order valence-corrected chi connectivity index (χ0v) is 12.7. The zero-order chi connectivity index (χ0) is 14.8. The largest absolute Gasteiger partial charge is 0.496 e. The highest BCUT2D eigenvalue weighted by Gasteiger charge is 2.60. The molecule has 1 fully saturated rings. The van der Waals surface area contributed by atoms with E-state index in [4.69, 9.17) is 9.47 Å². The average molecular weight is 290 g/mol. The summed E-state index contributed by atoms with van der Waals surface area (Å²) in [7, 11) is 1.75. The van der Waals surface area contributed by atoms with Crippen LogP contribution in [0.15, 0.2) is 54.1 Å². The number of fused-ring (bicyclic) bond motifs is 8. The van der Waals surface area contributed by atoms with Gasteiger partial charge in [-0.1, -0.05) is 48.0 Å². The van der Waals surface area contributed by atoms with Crippen LogP contribution in [0.25, 0.3) is 5.57 Å². The van der Waals surface area contributed by atoms with Gasteiger partial charge in [-0.25, -0.2) is 0 Å². The van der Waals surface area contributed by atoms with E-state index in [1.54, 1.807) is 7.11 Å². The highest BCUT2D eigenvalue weighted by molar-refractivity contribution is 5.80. The first-order valence-corrected chi connectivity index (χ1v) is 7.89. The van der Waals surface area contributed by atoms with Crippen LogP contribution < -0.4 is 4.74 Å². The maximum absolute atomic E-state index is 6.37. The molecule has 3 aliphatic rings. The molecular weight excluding hydrogens is 272 g/mol. The molecule has 2 nitrogen and oxygen atoms in total. The summed E-state index contributed by atoms with van der Waals surface area (Å²) in [5.74, 6) is 2.00. The average Bonchev–Trinajstić information content (AvgIpc) is 3.08. The second-order valence-electron chi connectivity index (χ2n) is 6.45. The molecule has 2 aromatic carbocycles. The van der Waals surface area contributed by atoms with Crippen LogP contribution in [0.4, 0.5) is 0 Å². The van der Waals surface area contributed by atoms with Crippen molar-refractivity contribution in [1.82, 2.24) is 0 Å². The third kappa shape index (κ3) is 1.34. The van der Waals surface area contributed by atoms with Gasteiger partial charge in [0.15, 0.2) is 0 Å². The van der Waals surface area contributed by atoms with Gasteiger partial charge in [0.2, 0.25) is 0 Å². The van der Waals surface area contributed by atoms with Gasteiger partial charge in [-0.3, -0.25) is 0 Å². The molecule has 1 aliphatic carbocycles. The Kier molecular flexibility index (Phi) is 2.40. The second-order valence-corrected chi connectivity index (χ2v) is 6.45. The first kappa shape index (κ1) is 12.5. The molecular formula is C20H18O2. The lowest BCUT2D eigenvalue weighted by Crippen LogP contribution is -2.33. The maximum atomic E-state index is 6.37. The van der Waals surface area contributed by atoms with Crippen molar-refractivity contribution in [2.75, 3.05) is 7.11 Å². The van der Waals surface area contributed by atoms with Crippen molar-refractivity contribution in [1.29, 1.82) is 0 Å². The molecule has 2 heteroatoms. The van der Waals surface area contributed by atoms with Crippen molar-refractivity contribution in [3.05, 3.63) is 70.8 Å². The summed E-state index contributed by atoms with van der Waals surface area (Å²) in [6.07, 6.45) is 0.368. The minimum Gasteiger partial charge on any atom is -0.496 e. The summed E-state index contributed by atoms with van der Waals surface area (Å²) in [6.45, 7) is 2.27. The Balaban J connectivity index is 1.64. The number of hydrogen-bond acceptors (Lipinski definition) is 2. The van der Waals surface area contributed by atoms with E-state index in [9.17, 15) is 0 Å². The molecule has 5 rings (SSSR count). The molecule has 110 valence electrons. The summed E-state index contributed by atoms with van der Waals surface area (Å²) in [4.78, 5) is 0. The van der Waals surface area contributed by atoms with Crippen LogP contribution in [0.3, 0.4) is 0 Å². The minimum atomic E-state index is 0.153. The summed E-state index contributed by atoms with van der Waals surface area (Å²) in [5, 5.41) is 0. The molecule has 1 saturated heterocycles. The fraction of sp³-hybridized carbons (Fsp3) is 0.300. The van der Waals surface area contributed by atoms with E-state index in [1.165, 1.54) is 27.8 Å². The Bertz CT molecular complexity index is 791. The van der Waals surface area contributed by atoms with E-state index in [2.05, 4.69) is 55.5 Å². The lowest BCUT2D eigenvalue weighted by atomic mass is 9.59. The van der Waals surface area contributed by atoms with Gasteiger partial charge in [0.1, 0.15) is 5.75 Å². The molecule has 0 saturated carbocycles. The Labute approximate surface area is 130 Å². The summed E-state index contributed by atoms with van der Waals surface area (Å²) in [5.41, 5.74) is 6.93. The van der Waals surface area contributed by atoms with Gasteiger partial charge in [-0.15, -0.1) is 0 Å². The lowest BCUT2D eigenvalue weighted by molar-refractivity contribution is 0.0614. The van der Waals surface area contributed by atoms with Crippen molar-refractivity contribution < 1.29 is 9.47 Å². The van der Waals surface area contributed by atoms with Crippen molar-refractivity contribution >= 4 is 5.57 Å². The summed E-state index contributed by atoms with van der Waals surface area (Å²) < 4.78 is 12.0. The monoisotopic (exact) mass is 290 g/mol. The number of ether oxygens (including phenoxy) is 2. The smallest absolute Gasteiger partial charge is 0.125 e. The lowest BCUT2D eigenvalue weighted by Gasteiger charge is -2.42. The normalized spacial score (nSPS) is 30.8. The van der Waals surface area contributed by atoms with Gasteiger partial charge in [0.05, 0.1) is 19.3 Å². The van der Waals surface area contributed by atoms with Gasteiger partial charge in [0, 0.05) is 17.4 Å². The molecule has 22 heavy (non-hydrogen) atoms. The van der Waals surface area contributed by atoms with Crippen LogP contribution >= 0.6 is 0 Å². The van der Waals surface area contributed by atoms with Gasteiger partial charge in [0.25, 0.3) is 0 Å². The topological polar surface area (TPSA) is 18.5 Å². The first-order valence-electron chi connectivity index (χ1n) is 7.89. The van der Waals surface area contributed by atoms with E-state index in [0.29, 0.717) is 11.8 Å². The van der Waals surface area contributed by atoms with Crippen LogP contribution in [-0.2, 0) is 4.74 Å². The molecule has 0 aromatic heterocycles. The number of benzene rings is 2. The Morgan fingerprint density at radius 2 is 1.73 bits per heavy atom. The fourth-order valence-electron chi connectivity index (χ4n) is 4.72. The van der Waals surface area contributed by atoms with Crippen molar-refractivity contribution in [2.24, 2.45) is 11.8 Å². The molecule has 0 N–H and O–H groups in total. The SMILES string of the molecule is COc1cccc2c1[C@@H]1O[C@H]2[C@H]2C(C)=C(c3ccccc3)[C@H]21. The van der Waals surface area contributed by atoms with Gasteiger partial charge in [-0.05, 0) is 29.7 Å². The number of hydrogen-bond donors (Lipinski definition) is 0. The van der Waals surface area contributed by atoms with Crippen molar-refractivity contribution in [3.63, 3.8) is 0 Å². The molecule has 0 radical (unpaired) electrons. The van der Waals surface area contributed by atoms with Gasteiger partial charge < -0.3 is 9.47 Å². The first-order chi connectivity index (χ1) is 10.8. The van der Waals surface area contributed by atoms with Gasteiger partial charge in [-0.2, -0.15) is 0 Å². The summed E-state index contributed by atoms with van der Waals surface area (Å²) in [6, 6.07) is 17.1. The third-order valence-electron chi connectivity index (χ3n) is 5.59. The molecule has 2 aromatic rings. The van der Waals surface area contributed by atoms with E-state index >= 15 is 0 Å². The molecule has 2 heterocycles. The number of rotatable bonds is 2. The summed E-state index contributed by atoms with van der Waals surface area (Å²) >= 11 is 0. The van der Waals surface area contributed by atoms with Crippen LogP contribution in [0.1, 0.15) is 35.8 Å². The highest BCUT2D eigenvalue weighted by atomic mass is 16.5. The molecule has 0 unspecified atom stereocenters. The van der Waals surface area contributed by atoms with Gasteiger partial charge >= 0.3 is 0 Å². The fourth-order valence-corrected chi connectivity index (χ4v) is 4.72. The predicted octanol–water partition coefficient (Wildman–Crippen LogP) is 4.54. The minimum absolute atomic E-state index is 0.153. The Morgan fingerprint density at radius 3 is 2.50 bits per heavy atom. The number of methoxy groups -OCH3 is 1. The van der Waals surface area contributed by atoms with Crippen LogP contribution in [0.2, 0.25) is 0 Å². The second kappa shape index (κ2) is 4.23. The molecule has 2 aliphatic heterocycles. The van der Waals surface area contributed by atoms with E-state index in [-0.39, 0.29) is 12.2 Å². The van der Waals surface area contributed by atoms with E-state index < -0.39 is 0 Å². The van der Waals surface area contributed by atoms with E-state index in [0.717, 1.165) is 5.75 Å². The van der Waals surface area contributed by atoms with Crippen molar-refractivity contribution in [3.8, 4) is 5.75 Å². The third-order valence-corrected chi connectivity index (χ3v) is 5.59. The molecule has 4 atom stereocenters. The Morgan fingerprint density at radius 1 is 0.909 bits per heavy atom. The van der Waals surface area contributed by atoms with Crippen LogP contribution in [0, 0.1) is 11.8 Å². The predicted molar refractivity (Wildman–Crippen MR) is 85.6 cm³/mol. The Hall–Kier alpha value is -2.06. The molecule has 2 bridgehead atoms. The zero-order valence-electron chi connectivity index (χ0n) is 12.7. The molecule has 0 spiro atoms. The standard InChI is InChI=1S/C20H18O2/c1-11-15(12-7-4-3-5-8-12)18-16(11)19-13-9-6-10-14(21-2)17(13)20(18)22-19/h3-10,16,18-20H,1-2H3/t16-,18+,19+,20-/m0/s1.